The summed E-state index contributed by atoms with van der Waals surface area (Å²) in [7, 11) is 1.67. The maximum absolute atomic E-state index is 12.9. The van der Waals surface area contributed by atoms with Crippen LogP contribution in [0, 0.1) is 11.8 Å². The van der Waals surface area contributed by atoms with Crippen molar-refractivity contribution < 1.29 is 19.0 Å². The molecule has 0 saturated carbocycles. The van der Waals surface area contributed by atoms with Gasteiger partial charge in [-0.3, -0.25) is 9.69 Å². The minimum Gasteiger partial charge on any atom is -0.476 e. The zero-order chi connectivity index (χ0) is 28.9. The van der Waals surface area contributed by atoms with Crippen LogP contribution >= 0.6 is 11.6 Å². The monoisotopic (exact) mass is 584 g/mol. The molecule has 41 heavy (non-hydrogen) atoms. The maximum atomic E-state index is 12.9. The maximum Gasteiger partial charge on any atom is 0.344 e. The summed E-state index contributed by atoms with van der Waals surface area (Å²) in [4.78, 5) is 38.7. The lowest BCUT2D eigenvalue weighted by molar-refractivity contribution is -0.146. The Balaban J connectivity index is 1.26. The molecule has 220 valence electrons. The molecule has 4 heterocycles. The standard InChI is InChI=1S/C29H37ClN6O5/c1-19-12-20(2)17-36(16-19)29-31-15-23(30)27(33-29)32-22-4-5-24-21(13-22)14-25(28(38)34(24)3)41-18-26(37)40-11-8-35-6-9-39-10-7-35/h4-5,13-15,19-20H,6-12,16-18H2,1-3H3,(H,31,32,33)/t19-,20+. The summed E-state index contributed by atoms with van der Waals surface area (Å²) in [5.41, 5.74) is 1.11. The minimum atomic E-state index is -0.525. The van der Waals surface area contributed by atoms with E-state index in [1.807, 2.05) is 18.2 Å². The van der Waals surface area contributed by atoms with Crippen LogP contribution in [0.1, 0.15) is 20.3 Å². The number of hydrogen-bond donors (Lipinski definition) is 1. The number of carbonyl (C=O) groups excluding carboxylic acids is 1. The molecule has 0 amide bonds. The number of esters is 1. The molecule has 2 atom stereocenters. The van der Waals surface area contributed by atoms with Gasteiger partial charge in [0.05, 0.1) is 24.9 Å². The SMILES string of the molecule is C[C@@H]1C[C@H](C)CN(c2ncc(Cl)c(Nc3ccc4c(c3)cc(OCC(=O)OCCN3CCOCC3)c(=O)n4C)n2)C1. The van der Waals surface area contributed by atoms with Gasteiger partial charge in [0.1, 0.15) is 11.6 Å². The number of piperidine rings is 1. The van der Waals surface area contributed by atoms with Crippen LogP contribution in [0.4, 0.5) is 17.5 Å². The first-order valence-electron chi connectivity index (χ1n) is 14.0. The number of morpholine rings is 1. The molecule has 11 nitrogen and oxygen atoms in total. The Kier molecular flexibility index (Phi) is 9.26. The number of aryl methyl sites for hydroxylation is 1. The fourth-order valence-electron chi connectivity index (χ4n) is 5.49. The Morgan fingerprint density at radius 2 is 1.93 bits per heavy atom. The van der Waals surface area contributed by atoms with Gasteiger partial charge in [0.25, 0.3) is 5.56 Å². The average molecular weight is 585 g/mol. The number of aromatic nitrogens is 3. The molecule has 2 aromatic heterocycles. The third-order valence-electron chi connectivity index (χ3n) is 7.46. The Morgan fingerprint density at radius 3 is 2.68 bits per heavy atom. The van der Waals surface area contributed by atoms with Crippen molar-refractivity contribution in [2.75, 3.05) is 69.4 Å². The van der Waals surface area contributed by atoms with Gasteiger partial charge in [-0.2, -0.15) is 4.98 Å². The van der Waals surface area contributed by atoms with E-state index in [1.165, 1.54) is 11.0 Å². The van der Waals surface area contributed by atoms with Gasteiger partial charge in [0.15, 0.2) is 18.2 Å². The van der Waals surface area contributed by atoms with Crippen LogP contribution in [0.25, 0.3) is 10.9 Å². The molecule has 3 aromatic rings. The number of ether oxygens (including phenoxy) is 3. The lowest BCUT2D eigenvalue weighted by Gasteiger charge is -2.35. The molecule has 2 aliphatic heterocycles. The van der Waals surface area contributed by atoms with Gasteiger partial charge < -0.3 is 29.0 Å². The van der Waals surface area contributed by atoms with E-state index in [0.717, 1.165) is 37.3 Å². The van der Waals surface area contributed by atoms with Gasteiger partial charge in [0.2, 0.25) is 5.95 Å². The highest BCUT2D eigenvalue weighted by atomic mass is 35.5. The summed E-state index contributed by atoms with van der Waals surface area (Å²) in [6, 6.07) is 7.21. The molecule has 0 spiro atoms. The molecular formula is C29H37ClN6O5. The van der Waals surface area contributed by atoms with E-state index in [9.17, 15) is 9.59 Å². The molecule has 0 radical (unpaired) electrons. The number of pyridine rings is 1. The summed E-state index contributed by atoms with van der Waals surface area (Å²) in [5, 5.41) is 4.45. The number of benzene rings is 1. The molecule has 5 rings (SSSR count). The number of hydrogen-bond acceptors (Lipinski definition) is 10. The quantitative estimate of drug-likeness (QED) is 0.375. The number of nitrogens with zero attached hydrogens (tertiary/aromatic N) is 5. The summed E-state index contributed by atoms with van der Waals surface area (Å²) in [6.07, 6.45) is 2.81. The zero-order valence-electron chi connectivity index (χ0n) is 23.8. The first-order chi connectivity index (χ1) is 19.8. The second kappa shape index (κ2) is 13.1. The highest BCUT2D eigenvalue weighted by Crippen LogP contribution is 2.30. The molecule has 12 heteroatoms. The van der Waals surface area contributed by atoms with Gasteiger partial charge in [0, 0.05) is 50.8 Å². The van der Waals surface area contributed by atoms with Crippen molar-refractivity contribution in [1.29, 1.82) is 0 Å². The minimum absolute atomic E-state index is 0.0676. The van der Waals surface area contributed by atoms with Gasteiger partial charge in [-0.15, -0.1) is 0 Å². The second-order valence-corrected chi connectivity index (χ2v) is 11.4. The van der Waals surface area contributed by atoms with E-state index < -0.39 is 5.97 Å². The Labute approximate surface area is 244 Å². The van der Waals surface area contributed by atoms with Crippen molar-refractivity contribution in [3.63, 3.8) is 0 Å². The smallest absolute Gasteiger partial charge is 0.344 e. The summed E-state index contributed by atoms with van der Waals surface area (Å²) >= 11 is 6.46. The van der Waals surface area contributed by atoms with Crippen molar-refractivity contribution in [1.82, 2.24) is 19.4 Å². The summed E-state index contributed by atoms with van der Waals surface area (Å²) in [5.74, 6) is 1.82. The van der Waals surface area contributed by atoms with E-state index in [2.05, 4.69) is 33.9 Å². The molecule has 0 aliphatic carbocycles. The first kappa shape index (κ1) is 29.1. The average Bonchev–Trinajstić information content (AvgIpc) is 2.95. The molecule has 0 bridgehead atoms. The molecule has 2 saturated heterocycles. The van der Waals surface area contributed by atoms with Crippen LogP contribution < -0.4 is 20.5 Å². The van der Waals surface area contributed by atoms with Crippen LogP contribution in [-0.2, 0) is 21.3 Å². The first-order valence-corrected chi connectivity index (χ1v) is 14.4. The van der Waals surface area contributed by atoms with Gasteiger partial charge >= 0.3 is 5.97 Å². The summed E-state index contributed by atoms with van der Waals surface area (Å²) < 4.78 is 17.7. The van der Waals surface area contributed by atoms with E-state index >= 15 is 0 Å². The van der Waals surface area contributed by atoms with Gasteiger partial charge in [-0.05, 0) is 42.5 Å². The van der Waals surface area contributed by atoms with Gasteiger partial charge in [-0.25, -0.2) is 9.78 Å². The highest BCUT2D eigenvalue weighted by Gasteiger charge is 2.24. The van der Waals surface area contributed by atoms with Crippen molar-refractivity contribution >= 4 is 45.9 Å². The van der Waals surface area contributed by atoms with E-state index in [4.69, 9.17) is 30.8 Å². The molecular weight excluding hydrogens is 548 g/mol. The van der Waals surface area contributed by atoms with Crippen molar-refractivity contribution in [2.45, 2.75) is 20.3 Å². The van der Waals surface area contributed by atoms with Crippen molar-refractivity contribution in [3.8, 4) is 5.75 Å². The summed E-state index contributed by atoms with van der Waals surface area (Å²) in [6.45, 7) is 9.84. The molecule has 2 aliphatic rings. The highest BCUT2D eigenvalue weighted by molar-refractivity contribution is 6.32. The third-order valence-corrected chi connectivity index (χ3v) is 7.73. The normalized spacial score (nSPS) is 19.8. The number of rotatable bonds is 9. The molecule has 0 unspecified atom stereocenters. The molecule has 1 aromatic carbocycles. The number of nitrogens with one attached hydrogen (secondary N) is 1. The van der Waals surface area contributed by atoms with E-state index in [0.29, 0.717) is 53.9 Å². The fourth-order valence-corrected chi connectivity index (χ4v) is 5.63. The Bertz CT molecular complexity index is 1430. The lowest BCUT2D eigenvalue weighted by atomic mass is 9.92. The van der Waals surface area contributed by atoms with Crippen LogP contribution in [-0.4, -0.2) is 84.6 Å². The molecule has 2 fully saturated rings. The Morgan fingerprint density at radius 1 is 1.17 bits per heavy atom. The third kappa shape index (κ3) is 7.27. The molecule has 1 N–H and O–H groups in total. The second-order valence-electron chi connectivity index (χ2n) is 11.0. The largest absolute Gasteiger partial charge is 0.476 e. The number of halogens is 1. The van der Waals surface area contributed by atoms with Crippen molar-refractivity contribution in [3.05, 3.63) is 45.8 Å². The fraction of sp³-hybridized carbons (Fsp3) is 0.517. The van der Waals surface area contributed by atoms with Gasteiger partial charge in [-0.1, -0.05) is 25.4 Å². The lowest BCUT2D eigenvalue weighted by Crippen LogP contribution is -2.39. The number of carbonyl (C=O) groups is 1. The topological polar surface area (TPSA) is 111 Å². The number of fused-ring (bicyclic) bond motifs is 1. The van der Waals surface area contributed by atoms with E-state index in [-0.39, 0.29) is 24.5 Å². The van der Waals surface area contributed by atoms with Crippen LogP contribution in [0.5, 0.6) is 5.75 Å². The predicted molar refractivity (Wildman–Crippen MR) is 158 cm³/mol. The Hall–Kier alpha value is -3.41. The van der Waals surface area contributed by atoms with Crippen LogP contribution in [0.3, 0.4) is 0 Å². The van der Waals surface area contributed by atoms with E-state index in [1.54, 1.807) is 19.3 Å². The zero-order valence-corrected chi connectivity index (χ0v) is 24.5. The van der Waals surface area contributed by atoms with Crippen LogP contribution in [0.15, 0.2) is 35.3 Å². The number of anilines is 3. The van der Waals surface area contributed by atoms with Crippen molar-refractivity contribution in [2.24, 2.45) is 18.9 Å². The van der Waals surface area contributed by atoms with Crippen LogP contribution in [0.2, 0.25) is 5.02 Å². The predicted octanol–water partition coefficient (Wildman–Crippen LogP) is 3.46.